The average molecular weight is 409 g/mol. The van der Waals surface area contributed by atoms with Crippen molar-refractivity contribution in [3.8, 4) is 5.88 Å². The third-order valence-corrected chi connectivity index (χ3v) is 5.12. The fourth-order valence-electron chi connectivity index (χ4n) is 3.67. The van der Waals surface area contributed by atoms with Crippen LogP contribution >= 0.6 is 0 Å². The van der Waals surface area contributed by atoms with Gasteiger partial charge in [0.2, 0.25) is 5.88 Å². The van der Waals surface area contributed by atoms with Crippen molar-refractivity contribution in [2.24, 2.45) is 10.2 Å². The van der Waals surface area contributed by atoms with E-state index in [0.717, 1.165) is 27.5 Å². The number of fused-ring (bicyclic) bond motifs is 2. The molecule has 7 heteroatoms. The van der Waals surface area contributed by atoms with Gasteiger partial charge in [0, 0.05) is 5.39 Å². The van der Waals surface area contributed by atoms with Crippen LogP contribution in [0, 0.1) is 0 Å². The smallest absolute Gasteiger partial charge is 0.272 e. The van der Waals surface area contributed by atoms with Gasteiger partial charge in [0.05, 0.1) is 29.5 Å². The maximum Gasteiger partial charge on any atom is 0.272 e. The number of hydrogen-bond acceptors (Lipinski definition) is 4. The van der Waals surface area contributed by atoms with Crippen LogP contribution in [0.25, 0.3) is 21.9 Å². The van der Waals surface area contributed by atoms with Gasteiger partial charge in [-0.2, -0.15) is 0 Å². The molecule has 0 unspecified atom stereocenters. The zero-order valence-electron chi connectivity index (χ0n) is 16.6. The van der Waals surface area contributed by atoms with Crippen molar-refractivity contribution in [2.75, 3.05) is 0 Å². The number of imidazole rings is 1. The SMILES string of the molecule is O=C(Cc1nc2ccccc2[nH]1)N=Nc1c(O)n(Cc2ccccc2)c2ccccc12. The van der Waals surface area contributed by atoms with Crippen molar-refractivity contribution < 1.29 is 9.90 Å². The van der Waals surface area contributed by atoms with Crippen molar-refractivity contribution in [2.45, 2.75) is 13.0 Å². The normalized spacial score (nSPS) is 11.6. The fourth-order valence-corrected chi connectivity index (χ4v) is 3.67. The summed E-state index contributed by atoms with van der Waals surface area (Å²) in [5.41, 5.74) is 3.81. The molecule has 0 aliphatic carbocycles. The lowest BCUT2D eigenvalue weighted by Gasteiger charge is -2.06. The van der Waals surface area contributed by atoms with E-state index in [1.54, 1.807) is 4.57 Å². The molecule has 0 fully saturated rings. The maximum absolute atomic E-state index is 12.4. The van der Waals surface area contributed by atoms with Crippen LogP contribution in [-0.2, 0) is 17.8 Å². The number of rotatable bonds is 5. The Morgan fingerprint density at radius 1 is 0.968 bits per heavy atom. The standard InChI is InChI=1S/C24H19N5O2/c30-22(14-21-25-18-11-5-6-12-19(18)26-21)27-28-23-17-10-4-7-13-20(17)29(24(23)31)15-16-8-2-1-3-9-16/h1-13,31H,14-15H2,(H,25,26). The van der Waals surface area contributed by atoms with E-state index in [4.69, 9.17) is 0 Å². The largest absolute Gasteiger partial charge is 0.493 e. The minimum absolute atomic E-state index is 0.00159. The first kappa shape index (κ1) is 18.7. The number of hydrogen-bond donors (Lipinski definition) is 2. The molecule has 0 aliphatic rings. The molecular weight excluding hydrogens is 390 g/mol. The molecule has 31 heavy (non-hydrogen) atoms. The van der Waals surface area contributed by atoms with Crippen LogP contribution in [0.2, 0.25) is 0 Å². The Hall–Kier alpha value is -4.26. The number of amides is 1. The van der Waals surface area contributed by atoms with Gasteiger partial charge in [0.1, 0.15) is 5.82 Å². The summed E-state index contributed by atoms with van der Waals surface area (Å²) in [5, 5.41) is 19.5. The molecule has 0 atom stereocenters. The summed E-state index contributed by atoms with van der Waals surface area (Å²) in [7, 11) is 0. The van der Waals surface area contributed by atoms with Gasteiger partial charge in [-0.15, -0.1) is 10.2 Å². The fraction of sp³-hybridized carbons (Fsp3) is 0.0833. The van der Waals surface area contributed by atoms with Crippen LogP contribution in [0.4, 0.5) is 5.69 Å². The molecular formula is C24H19N5O2. The molecule has 0 saturated carbocycles. The quantitative estimate of drug-likeness (QED) is 0.394. The number of carbonyl (C=O) groups is 1. The molecule has 0 saturated heterocycles. The summed E-state index contributed by atoms with van der Waals surface area (Å²) in [6.45, 7) is 0.482. The van der Waals surface area contributed by atoms with Crippen LogP contribution in [0.5, 0.6) is 5.88 Å². The first-order valence-corrected chi connectivity index (χ1v) is 9.91. The molecule has 3 aromatic carbocycles. The second-order valence-corrected chi connectivity index (χ2v) is 7.23. The molecule has 2 aromatic heterocycles. The molecule has 2 N–H and O–H groups in total. The Kier molecular flexibility index (Phi) is 4.76. The third-order valence-electron chi connectivity index (χ3n) is 5.12. The lowest BCUT2D eigenvalue weighted by molar-refractivity contribution is -0.117. The van der Waals surface area contributed by atoms with Gasteiger partial charge >= 0.3 is 0 Å². The van der Waals surface area contributed by atoms with Gasteiger partial charge < -0.3 is 14.7 Å². The number of nitrogens with one attached hydrogen (secondary N) is 1. The monoisotopic (exact) mass is 409 g/mol. The highest BCUT2D eigenvalue weighted by Crippen LogP contribution is 2.39. The highest BCUT2D eigenvalue weighted by molar-refractivity contribution is 5.95. The molecule has 5 aromatic rings. The molecule has 1 amide bonds. The molecule has 0 radical (unpaired) electrons. The number of aromatic hydroxyl groups is 1. The number of nitrogens with zero attached hydrogens (tertiary/aromatic N) is 4. The highest BCUT2D eigenvalue weighted by atomic mass is 16.3. The Morgan fingerprint density at radius 2 is 1.71 bits per heavy atom. The number of H-pyrrole nitrogens is 1. The third kappa shape index (κ3) is 3.69. The Morgan fingerprint density at radius 3 is 2.55 bits per heavy atom. The number of aromatic nitrogens is 3. The topological polar surface area (TPSA) is 95.6 Å². The van der Waals surface area contributed by atoms with Crippen molar-refractivity contribution in [3.05, 3.63) is 90.3 Å². The van der Waals surface area contributed by atoms with Gasteiger partial charge in [-0.1, -0.05) is 60.7 Å². The van der Waals surface area contributed by atoms with Crippen molar-refractivity contribution in [1.82, 2.24) is 14.5 Å². The summed E-state index contributed by atoms with van der Waals surface area (Å²) in [6, 6.07) is 24.9. The average Bonchev–Trinajstić information content (AvgIpc) is 3.31. The predicted molar refractivity (Wildman–Crippen MR) is 118 cm³/mol. The number of azo groups is 1. The molecule has 7 nitrogen and oxygen atoms in total. The lowest BCUT2D eigenvalue weighted by Crippen LogP contribution is -1.99. The van der Waals surface area contributed by atoms with Gasteiger partial charge in [-0.3, -0.25) is 4.79 Å². The van der Waals surface area contributed by atoms with Gasteiger partial charge in [0.15, 0.2) is 5.69 Å². The number of para-hydroxylation sites is 3. The second kappa shape index (κ2) is 7.87. The van der Waals surface area contributed by atoms with E-state index < -0.39 is 5.91 Å². The van der Waals surface area contributed by atoms with Gasteiger partial charge in [-0.05, 0) is 23.8 Å². The molecule has 0 bridgehead atoms. The molecule has 0 spiro atoms. The zero-order valence-corrected chi connectivity index (χ0v) is 16.6. The van der Waals surface area contributed by atoms with Crippen molar-refractivity contribution in [1.29, 1.82) is 0 Å². The second-order valence-electron chi connectivity index (χ2n) is 7.23. The highest BCUT2D eigenvalue weighted by Gasteiger charge is 2.17. The van der Waals surface area contributed by atoms with E-state index in [2.05, 4.69) is 20.2 Å². The number of carbonyl (C=O) groups excluding carboxylic acids is 1. The van der Waals surface area contributed by atoms with Crippen LogP contribution < -0.4 is 0 Å². The van der Waals surface area contributed by atoms with E-state index in [9.17, 15) is 9.90 Å². The summed E-state index contributed by atoms with van der Waals surface area (Å²) < 4.78 is 1.77. The summed E-state index contributed by atoms with van der Waals surface area (Å²) >= 11 is 0. The predicted octanol–water partition coefficient (Wildman–Crippen LogP) is 5.12. The molecule has 5 rings (SSSR count). The van der Waals surface area contributed by atoms with E-state index in [1.165, 1.54) is 0 Å². The lowest BCUT2D eigenvalue weighted by atomic mass is 10.2. The maximum atomic E-state index is 12.4. The van der Waals surface area contributed by atoms with E-state index in [0.29, 0.717) is 12.4 Å². The summed E-state index contributed by atoms with van der Waals surface area (Å²) in [5.74, 6) is 0.0598. The molecule has 0 aliphatic heterocycles. The molecule has 2 heterocycles. The Labute approximate surface area is 177 Å². The molecule has 152 valence electrons. The van der Waals surface area contributed by atoms with E-state index in [1.807, 2.05) is 78.9 Å². The van der Waals surface area contributed by atoms with Gasteiger partial charge in [0.25, 0.3) is 5.91 Å². The van der Waals surface area contributed by atoms with Gasteiger partial charge in [-0.25, -0.2) is 4.98 Å². The first-order valence-electron chi connectivity index (χ1n) is 9.91. The van der Waals surface area contributed by atoms with Crippen LogP contribution in [0.1, 0.15) is 11.4 Å². The summed E-state index contributed by atoms with van der Waals surface area (Å²) in [6.07, 6.45) is 0.00159. The Balaban J connectivity index is 1.43. The number of benzene rings is 3. The van der Waals surface area contributed by atoms with Crippen LogP contribution in [-0.4, -0.2) is 25.5 Å². The number of aromatic amines is 1. The Bertz CT molecular complexity index is 1380. The van der Waals surface area contributed by atoms with Crippen LogP contribution in [0.3, 0.4) is 0 Å². The van der Waals surface area contributed by atoms with Crippen LogP contribution in [0.15, 0.2) is 89.1 Å². The zero-order chi connectivity index (χ0) is 21.2. The minimum Gasteiger partial charge on any atom is -0.493 e. The minimum atomic E-state index is -0.446. The van der Waals surface area contributed by atoms with Crippen molar-refractivity contribution >= 4 is 33.5 Å². The van der Waals surface area contributed by atoms with E-state index >= 15 is 0 Å². The first-order chi connectivity index (χ1) is 15.2. The van der Waals surface area contributed by atoms with E-state index in [-0.39, 0.29) is 18.0 Å². The van der Waals surface area contributed by atoms with Crippen molar-refractivity contribution in [3.63, 3.8) is 0 Å². The summed E-state index contributed by atoms with van der Waals surface area (Å²) in [4.78, 5) is 19.9.